The van der Waals surface area contributed by atoms with Crippen molar-refractivity contribution in [1.82, 2.24) is 4.90 Å². The summed E-state index contributed by atoms with van der Waals surface area (Å²) in [6, 6.07) is 0. The van der Waals surface area contributed by atoms with Gasteiger partial charge in [0.05, 0.1) is 5.75 Å². The number of likely N-dealkylation sites (N-methyl/N-ethyl adjacent to an activating group) is 1. The van der Waals surface area contributed by atoms with Crippen LogP contribution in [-0.2, 0) is 9.84 Å². The summed E-state index contributed by atoms with van der Waals surface area (Å²) in [5.41, 5.74) is 5.51. The lowest BCUT2D eigenvalue weighted by Crippen LogP contribution is -2.44. The molecule has 80 valence electrons. The molecule has 0 saturated heterocycles. The molecule has 13 heavy (non-hydrogen) atoms. The van der Waals surface area contributed by atoms with E-state index in [4.69, 9.17) is 5.73 Å². The molecule has 0 aliphatic heterocycles. The highest BCUT2D eigenvalue weighted by atomic mass is 32.2. The SMILES string of the molecule is CN(CCS(C)(=O)=O)CC(C)(C)N. The topological polar surface area (TPSA) is 63.4 Å². The van der Waals surface area contributed by atoms with Crippen LogP contribution in [0, 0.1) is 0 Å². The normalized spacial score (nSPS) is 13.7. The highest BCUT2D eigenvalue weighted by molar-refractivity contribution is 7.90. The third-order valence-corrected chi connectivity index (χ3v) is 2.45. The summed E-state index contributed by atoms with van der Waals surface area (Å²) in [6.45, 7) is 5.08. The van der Waals surface area contributed by atoms with Gasteiger partial charge in [-0.05, 0) is 20.9 Å². The van der Waals surface area contributed by atoms with Crippen molar-refractivity contribution in [1.29, 1.82) is 0 Å². The Hall–Kier alpha value is -0.130. The quantitative estimate of drug-likeness (QED) is 0.674. The molecular weight excluding hydrogens is 188 g/mol. The predicted molar refractivity (Wildman–Crippen MR) is 55.5 cm³/mol. The van der Waals surface area contributed by atoms with Crippen LogP contribution in [0.1, 0.15) is 13.8 Å². The summed E-state index contributed by atoms with van der Waals surface area (Å²) in [5.74, 6) is 0.194. The molecule has 2 N–H and O–H groups in total. The van der Waals surface area contributed by atoms with Crippen LogP contribution in [0.2, 0.25) is 0 Å². The second kappa shape index (κ2) is 4.39. The minimum Gasteiger partial charge on any atom is -0.324 e. The van der Waals surface area contributed by atoms with Gasteiger partial charge in [-0.3, -0.25) is 0 Å². The minimum atomic E-state index is -2.86. The van der Waals surface area contributed by atoms with E-state index < -0.39 is 9.84 Å². The molecule has 4 nitrogen and oxygen atoms in total. The van der Waals surface area contributed by atoms with E-state index in [1.165, 1.54) is 6.26 Å². The molecule has 0 aromatic rings. The second-order valence-electron chi connectivity index (χ2n) is 4.36. The molecule has 0 bridgehead atoms. The van der Waals surface area contributed by atoms with Gasteiger partial charge in [0.1, 0.15) is 9.84 Å². The number of nitrogens with zero attached hydrogens (tertiary/aromatic N) is 1. The molecule has 5 heteroatoms. The van der Waals surface area contributed by atoms with Crippen molar-refractivity contribution in [2.75, 3.05) is 32.1 Å². The van der Waals surface area contributed by atoms with Gasteiger partial charge in [-0.2, -0.15) is 0 Å². The van der Waals surface area contributed by atoms with E-state index in [1.54, 1.807) is 0 Å². The fraction of sp³-hybridized carbons (Fsp3) is 1.00. The fourth-order valence-corrected chi connectivity index (χ4v) is 1.74. The molecule has 0 amide bonds. The molecule has 0 saturated carbocycles. The molecule has 0 aromatic heterocycles. The first-order valence-corrected chi connectivity index (χ1v) is 6.31. The Morgan fingerprint density at radius 1 is 1.38 bits per heavy atom. The Labute approximate surface area is 81.0 Å². The molecule has 0 unspecified atom stereocenters. The van der Waals surface area contributed by atoms with E-state index in [9.17, 15) is 8.42 Å². The predicted octanol–water partition coefficient (Wildman–Crippen LogP) is -0.300. The standard InChI is InChI=1S/C8H20N2O2S/c1-8(2,9)7-10(3)5-6-13(4,11)12/h5-7,9H2,1-4H3. The molecule has 0 fully saturated rings. The number of nitrogens with two attached hydrogens (primary N) is 1. The highest BCUT2D eigenvalue weighted by Gasteiger charge is 2.14. The van der Waals surface area contributed by atoms with Gasteiger partial charge in [0.15, 0.2) is 0 Å². The number of rotatable bonds is 5. The first-order chi connectivity index (χ1) is 5.60. The summed E-state index contributed by atoms with van der Waals surface area (Å²) in [6.07, 6.45) is 1.24. The molecule has 0 radical (unpaired) electrons. The number of sulfone groups is 1. The summed E-state index contributed by atoms with van der Waals surface area (Å²) in [4.78, 5) is 1.93. The van der Waals surface area contributed by atoms with Crippen molar-refractivity contribution < 1.29 is 8.42 Å². The van der Waals surface area contributed by atoms with Crippen LogP contribution in [0.3, 0.4) is 0 Å². The lowest BCUT2D eigenvalue weighted by atomic mass is 10.1. The minimum absolute atomic E-state index is 0.194. The van der Waals surface area contributed by atoms with Crippen molar-refractivity contribution in [3.05, 3.63) is 0 Å². The monoisotopic (exact) mass is 208 g/mol. The Kier molecular flexibility index (Phi) is 4.35. The van der Waals surface area contributed by atoms with Crippen LogP contribution in [0.5, 0.6) is 0 Å². The lowest BCUT2D eigenvalue weighted by molar-refractivity contribution is 0.282. The largest absolute Gasteiger partial charge is 0.324 e. The smallest absolute Gasteiger partial charge is 0.148 e. The van der Waals surface area contributed by atoms with E-state index >= 15 is 0 Å². The van der Waals surface area contributed by atoms with Crippen LogP contribution in [-0.4, -0.2) is 51.0 Å². The second-order valence-corrected chi connectivity index (χ2v) is 6.62. The van der Waals surface area contributed by atoms with E-state index in [0.29, 0.717) is 13.1 Å². The van der Waals surface area contributed by atoms with Crippen LogP contribution in [0.25, 0.3) is 0 Å². The zero-order chi connectivity index (χ0) is 10.7. The number of hydrogen-bond acceptors (Lipinski definition) is 4. The average Bonchev–Trinajstić information content (AvgIpc) is 1.78. The third-order valence-electron chi connectivity index (χ3n) is 1.52. The van der Waals surface area contributed by atoms with Crippen LogP contribution in [0.15, 0.2) is 0 Å². The Morgan fingerprint density at radius 2 is 1.85 bits per heavy atom. The zero-order valence-corrected chi connectivity index (χ0v) is 9.69. The van der Waals surface area contributed by atoms with E-state index in [0.717, 1.165) is 0 Å². The van der Waals surface area contributed by atoms with Gasteiger partial charge in [0, 0.05) is 24.9 Å². The maximum Gasteiger partial charge on any atom is 0.148 e. The highest BCUT2D eigenvalue weighted by Crippen LogP contribution is 1.99. The maximum atomic E-state index is 10.8. The molecule has 0 aliphatic rings. The van der Waals surface area contributed by atoms with Crippen molar-refractivity contribution in [3.8, 4) is 0 Å². The fourth-order valence-electron chi connectivity index (χ4n) is 1.10. The van der Waals surface area contributed by atoms with Crippen molar-refractivity contribution in [2.45, 2.75) is 19.4 Å². The van der Waals surface area contributed by atoms with Gasteiger partial charge in [-0.1, -0.05) is 0 Å². The molecule has 0 aliphatic carbocycles. The van der Waals surface area contributed by atoms with Gasteiger partial charge in [0.25, 0.3) is 0 Å². The van der Waals surface area contributed by atoms with E-state index in [1.807, 2.05) is 25.8 Å². The van der Waals surface area contributed by atoms with Gasteiger partial charge >= 0.3 is 0 Å². The molecule has 0 atom stereocenters. The summed E-state index contributed by atoms with van der Waals surface area (Å²) >= 11 is 0. The Balaban J connectivity index is 3.84. The van der Waals surface area contributed by atoms with Gasteiger partial charge in [-0.25, -0.2) is 8.42 Å². The van der Waals surface area contributed by atoms with Crippen LogP contribution in [0.4, 0.5) is 0 Å². The van der Waals surface area contributed by atoms with E-state index in [2.05, 4.69) is 0 Å². The summed E-state index contributed by atoms with van der Waals surface area (Å²) in [7, 11) is -0.982. The lowest BCUT2D eigenvalue weighted by Gasteiger charge is -2.26. The Bertz CT molecular complexity index is 241. The molecule has 0 heterocycles. The maximum absolute atomic E-state index is 10.8. The summed E-state index contributed by atoms with van der Waals surface area (Å²) in [5, 5.41) is 0. The van der Waals surface area contributed by atoms with Crippen molar-refractivity contribution in [3.63, 3.8) is 0 Å². The van der Waals surface area contributed by atoms with Gasteiger partial charge in [-0.15, -0.1) is 0 Å². The summed E-state index contributed by atoms with van der Waals surface area (Å²) < 4.78 is 21.7. The third kappa shape index (κ3) is 9.79. The van der Waals surface area contributed by atoms with Gasteiger partial charge < -0.3 is 10.6 Å². The van der Waals surface area contributed by atoms with Crippen LogP contribution >= 0.6 is 0 Å². The first-order valence-electron chi connectivity index (χ1n) is 4.25. The van der Waals surface area contributed by atoms with E-state index in [-0.39, 0.29) is 11.3 Å². The number of hydrogen-bond donors (Lipinski definition) is 1. The average molecular weight is 208 g/mol. The zero-order valence-electron chi connectivity index (χ0n) is 8.87. The Morgan fingerprint density at radius 3 is 2.15 bits per heavy atom. The van der Waals surface area contributed by atoms with Crippen molar-refractivity contribution in [2.24, 2.45) is 5.73 Å². The van der Waals surface area contributed by atoms with Crippen LogP contribution < -0.4 is 5.73 Å². The molecular formula is C8H20N2O2S. The first kappa shape index (κ1) is 12.9. The molecule has 0 spiro atoms. The van der Waals surface area contributed by atoms with Crippen molar-refractivity contribution >= 4 is 9.84 Å². The van der Waals surface area contributed by atoms with Gasteiger partial charge in [0.2, 0.25) is 0 Å². The molecule has 0 rings (SSSR count). The molecule has 0 aromatic carbocycles.